The zero-order chi connectivity index (χ0) is 24.2. The van der Waals surface area contributed by atoms with Gasteiger partial charge in [0.05, 0.1) is 7.11 Å². The molecule has 0 saturated heterocycles. The quantitative estimate of drug-likeness (QED) is 0.346. The van der Waals surface area contributed by atoms with Crippen LogP contribution in [0.5, 0.6) is 5.75 Å². The Morgan fingerprint density at radius 1 is 1.06 bits per heavy atom. The standard InChI is InChI=1S/C27H22ClN5O2/c1-35-22-14-10-20(11-15-22)24-17-23(19-8-12-21(28)13-9-19)29-27-31-26(32-33(24)27)30-25(34)16-7-18-5-3-2-4-6-18/h2-17,24H,1H3,(H2,29,30,31,32,34). The SMILES string of the molecule is COc1ccc(C2C=C(c3ccc(Cl)cc3)Nc3nc(NC(=O)C=Cc4ccccc4)nn32)cc1. The molecule has 1 amide bonds. The molecule has 0 fully saturated rings. The van der Waals surface area contributed by atoms with E-state index in [9.17, 15) is 4.79 Å². The number of halogens is 1. The molecule has 1 aromatic heterocycles. The van der Waals surface area contributed by atoms with Gasteiger partial charge in [0.1, 0.15) is 11.8 Å². The van der Waals surface area contributed by atoms with E-state index in [1.807, 2.05) is 78.9 Å². The number of aromatic nitrogens is 3. The van der Waals surface area contributed by atoms with Crippen LogP contribution in [0.25, 0.3) is 11.8 Å². The van der Waals surface area contributed by atoms with Crippen LogP contribution in [0, 0.1) is 0 Å². The number of hydrogen-bond acceptors (Lipinski definition) is 5. The van der Waals surface area contributed by atoms with Gasteiger partial charge < -0.3 is 10.1 Å². The van der Waals surface area contributed by atoms with Gasteiger partial charge in [0.25, 0.3) is 11.9 Å². The lowest BCUT2D eigenvalue weighted by Gasteiger charge is -2.24. The highest BCUT2D eigenvalue weighted by Crippen LogP contribution is 2.34. The van der Waals surface area contributed by atoms with Crippen LogP contribution in [0.1, 0.15) is 22.7 Å². The van der Waals surface area contributed by atoms with Gasteiger partial charge in [-0.3, -0.25) is 10.1 Å². The number of carbonyl (C=O) groups excluding carboxylic acids is 1. The second-order valence-corrected chi connectivity index (χ2v) is 8.30. The number of allylic oxidation sites excluding steroid dienone is 1. The number of fused-ring (bicyclic) bond motifs is 1. The lowest BCUT2D eigenvalue weighted by Crippen LogP contribution is -2.20. The van der Waals surface area contributed by atoms with Crippen molar-refractivity contribution in [3.63, 3.8) is 0 Å². The van der Waals surface area contributed by atoms with Crippen molar-refractivity contribution in [2.45, 2.75) is 6.04 Å². The third kappa shape index (κ3) is 5.10. The summed E-state index contributed by atoms with van der Waals surface area (Å²) in [4.78, 5) is 17.0. The molecule has 4 aromatic rings. The maximum absolute atomic E-state index is 12.5. The molecule has 174 valence electrons. The van der Waals surface area contributed by atoms with Gasteiger partial charge in [-0.15, -0.1) is 5.10 Å². The number of methoxy groups -OCH3 is 1. The minimum Gasteiger partial charge on any atom is -0.497 e. The molecular formula is C27H22ClN5O2. The maximum Gasteiger partial charge on any atom is 0.250 e. The van der Waals surface area contributed by atoms with Crippen LogP contribution in [0.15, 0.2) is 91.0 Å². The van der Waals surface area contributed by atoms with Gasteiger partial charge in [-0.05, 0) is 53.1 Å². The average Bonchev–Trinajstić information content (AvgIpc) is 3.30. The lowest BCUT2D eigenvalue weighted by atomic mass is 10.0. The van der Waals surface area contributed by atoms with Crippen molar-refractivity contribution in [2.75, 3.05) is 17.7 Å². The Bertz CT molecular complexity index is 1390. The minimum absolute atomic E-state index is 0.208. The molecule has 2 heterocycles. The van der Waals surface area contributed by atoms with E-state index in [1.54, 1.807) is 17.9 Å². The number of ether oxygens (including phenoxy) is 1. The van der Waals surface area contributed by atoms with Crippen LogP contribution < -0.4 is 15.4 Å². The van der Waals surface area contributed by atoms with Crippen molar-refractivity contribution in [3.05, 3.63) is 113 Å². The van der Waals surface area contributed by atoms with E-state index in [-0.39, 0.29) is 17.9 Å². The minimum atomic E-state index is -0.316. The van der Waals surface area contributed by atoms with Crippen LogP contribution >= 0.6 is 11.6 Å². The van der Waals surface area contributed by atoms with E-state index < -0.39 is 0 Å². The molecule has 0 aliphatic carbocycles. The first-order chi connectivity index (χ1) is 17.1. The van der Waals surface area contributed by atoms with Gasteiger partial charge in [0.2, 0.25) is 5.95 Å². The molecule has 0 saturated carbocycles. The van der Waals surface area contributed by atoms with E-state index in [1.165, 1.54) is 6.08 Å². The van der Waals surface area contributed by atoms with Crippen LogP contribution in [-0.4, -0.2) is 27.8 Å². The highest BCUT2D eigenvalue weighted by atomic mass is 35.5. The predicted octanol–water partition coefficient (Wildman–Crippen LogP) is 5.65. The van der Waals surface area contributed by atoms with Gasteiger partial charge in [0.15, 0.2) is 0 Å². The molecule has 35 heavy (non-hydrogen) atoms. The monoisotopic (exact) mass is 483 g/mol. The molecule has 5 rings (SSSR count). The average molecular weight is 484 g/mol. The fourth-order valence-corrected chi connectivity index (χ4v) is 3.90. The van der Waals surface area contributed by atoms with Crippen molar-refractivity contribution < 1.29 is 9.53 Å². The summed E-state index contributed by atoms with van der Waals surface area (Å²) in [6.45, 7) is 0. The third-order valence-electron chi connectivity index (χ3n) is 5.54. The van der Waals surface area contributed by atoms with Gasteiger partial charge in [-0.25, -0.2) is 4.68 Å². The number of hydrogen-bond donors (Lipinski definition) is 2. The summed E-state index contributed by atoms with van der Waals surface area (Å²) < 4.78 is 7.05. The highest BCUT2D eigenvalue weighted by molar-refractivity contribution is 6.30. The summed E-state index contributed by atoms with van der Waals surface area (Å²) in [5.74, 6) is 1.17. The van der Waals surface area contributed by atoms with Gasteiger partial charge in [0, 0.05) is 16.8 Å². The predicted molar refractivity (Wildman–Crippen MR) is 138 cm³/mol. The van der Waals surface area contributed by atoms with Gasteiger partial charge >= 0.3 is 0 Å². The number of nitrogens with zero attached hydrogens (tertiary/aromatic N) is 3. The fraction of sp³-hybridized carbons (Fsp3) is 0.0741. The van der Waals surface area contributed by atoms with Crippen LogP contribution in [-0.2, 0) is 4.79 Å². The molecule has 0 spiro atoms. The molecule has 2 N–H and O–H groups in total. The van der Waals surface area contributed by atoms with Crippen LogP contribution in [0.2, 0.25) is 5.02 Å². The Morgan fingerprint density at radius 2 is 1.80 bits per heavy atom. The van der Waals surface area contributed by atoms with E-state index in [2.05, 4.69) is 26.8 Å². The van der Waals surface area contributed by atoms with Crippen molar-refractivity contribution in [3.8, 4) is 5.75 Å². The molecular weight excluding hydrogens is 462 g/mol. The Labute approximate surface area is 207 Å². The summed E-state index contributed by atoms with van der Waals surface area (Å²) in [7, 11) is 1.63. The van der Waals surface area contributed by atoms with E-state index in [0.29, 0.717) is 11.0 Å². The first-order valence-electron chi connectivity index (χ1n) is 11.0. The van der Waals surface area contributed by atoms with Crippen molar-refractivity contribution in [2.24, 2.45) is 0 Å². The second kappa shape index (κ2) is 9.87. The lowest BCUT2D eigenvalue weighted by molar-refractivity contribution is -0.111. The molecule has 1 aliphatic rings. The molecule has 1 aliphatic heterocycles. The molecule has 7 nitrogen and oxygen atoms in total. The molecule has 0 bridgehead atoms. The largest absolute Gasteiger partial charge is 0.497 e. The van der Waals surface area contributed by atoms with E-state index >= 15 is 0 Å². The van der Waals surface area contributed by atoms with Crippen molar-refractivity contribution >= 4 is 41.2 Å². The first kappa shape index (κ1) is 22.4. The molecule has 1 unspecified atom stereocenters. The van der Waals surface area contributed by atoms with Crippen molar-refractivity contribution in [1.29, 1.82) is 0 Å². The zero-order valence-corrected chi connectivity index (χ0v) is 19.6. The van der Waals surface area contributed by atoms with E-state index in [4.69, 9.17) is 16.3 Å². The molecule has 3 aromatic carbocycles. The third-order valence-corrected chi connectivity index (χ3v) is 5.79. The summed E-state index contributed by atoms with van der Waals surface area (Å²) in [6.07, 6.45) is 5.26. The number of nitrogens with one attached hydrogen (secondary N) is 2. The Balaban J connectivity index is 1.44. The van der Waals surface area contributed by atoms with E-state index in [0.717, 1.165) is 28.1 Å². The summed E-state index contributed by atoms with van der Waals surface area (Å²) in [6, 6.07) is 24.7. The maximum atomic E-state index is 12.5. The number of benzene rings is 3. The van der Waals surface area contributed by atoms with Crippen LogP contribution in [0.4, 0.5) is 11.9 Å². The molecule has 8 heteroatoms. The van der Waals surface area contributed by atoms with Gasteiger partial charge in [-0.2, -0.15) is 4.98 Å². The number of carbonyl (C=O) groups is 1. The summed E-state index contributed by atoms with van der Waals surface area (Å²) >= 11 is 6.08. The van der Waals surface area contributed by atoms with Crippen LogP contribution in [0.3, 0.4) is 0 Å². The summed E-state index contributed by atoms with van der Waals surface area (Å²) in [5.41, 5.74) is 3.74. The molecule has 0 radical (unpaired) electrons. The first-order valence-corrected chi connectivity index (χ1v) is 11.4. The number of anilines is 2. The van der Waals surface area contributed by atoms with Gasteiger partial charge in [-0.1, -0.05) is 66.2 Å². The normalized spacial score (nSPS) is 14.7. The zero-order valence-electron chi connectivity index (χ0n) is 18.9. The molecule has 1 atom stereocenters. The highest BCUT2D eigenvalue weighted by Gasteiger charge is 2.25. The number of amides is 1. The Hall–Kier alpha value is -4.36. The second-order valence-electron chi connectivity index (χ2n) is 7.87. The Morgan fingerprint density at radius 3 is 2.51 bits per heavy atom. The summed E-state index contributed by atoms with van der Waals surface area (Å²) in [5, 5.41) is 11.3. The Kier molecular flexibility index (Phi) is 6.32. The number of rotatable bonds is 6. The smallest absolute Gasteiger partial charge is 0.250 e. The fourth-order valence-electron chi connectivity index (χ4n) is 3.77. The van der Waals surface area contributed by atoms with Crippen molar-refractivity contribution in [1.82, 2.24) is 14.8 Å². The topological polar surface area (TPSA) is 81.1 Å².